The van der Waals surface area contributed by atoms with Gasteiger partial charge in [0.15, 0.2) is 0 Å². The van der Waals surface area contributed by atoms with E-state index in [4.69, 9.17) is 0 Å². The minimum Gasteiger partial charge on any atom is -0.341 e. The maximum absolute atomic E-state index is 12.0. The first kappa shape index (κ1) is 19.2. The van der Waals surface area contributed by atoms with Gasteiger partial charge in [0, 0.05) is 13.1 Å². The molecule has 0 unspecified atom stereocenters. The number of hydrogen-bond donors (Lipinski definition) is 3. The average Bonchev–Trinajstić information content (AvgIpc) is 2.53. The summed E-state index contributed by atoms with van der Waals surface area (Å²) in [6, 6.07) is 7.62. The summed E-state index contributed by atoms with van der Waals surface area (Å²) < 4.78 is 0. The fourth-order valence-electron chi connectivity index (χ4n) is 2.48. The quantitative estimate of drug-likeness (QED) is 0.724. The van der Waals surface area contributed by atoms with Gasteiger partial charge < -0.3 is 5.32 Å². The molecule has 2 atom stereocenters. The van der Waals surface area contributed by atoms with E-state index in [1.165, 1.54) is 12.6 Å². The van der Waals surface area contributed by atoms with E-state index in [1.54, 1.807) is 6.92 Å². The zero-order chi connectivity index (χ0) is 17.4. The molecule has 3 N–H and O–H groups in total. The number of carbonyl (C=O) groups excluding carboxylic acids is 2. The Morgan fingerprint density at radius 2 is 1.70 bits per heavy atom. The number of carbonyl (C=O) groups is 2. The predicted molar refractivity (Wildman–Crippen MR) is 93.2 cm³/mol. The van der Waals surface area contributed by atoms with Crippen LogP contribution in [0.15, 0.2) is 24.3 Å². The van der Waals surface area contributed by atoms with Crippen molar-refractivity contribution in [2.24, 2.45) is 5.92 Å². The van der Waals surface area contributed by atoms with Crippen LogP contribution in [-0.2, 0) is 11.2 Å². The average molecular weight is 319 g/mol. The van der Waals surface area contributed by atoms with Crippen molar-refractivity contribution in [3.05, 3.63) is 35.4 Å². The Kier molecular flexibility index (Phi) is 7.75. The Morgan fingerprint density at radius 3 is 2.17 bits per heavy atom. The van der Waals surface area contributed by atoms with Crippen molar-refractivity contribution in [3.8, 4) is 0 Å². The van der Waals surface area contributed by atoms with Crippen LogP contribution in [0, 0.1) is 5.92 Å². The van der Waals surface area contributed by atoms with Gasteiger partial charge in [0.05, 0.1) is 6.04 Å². The van der Waals surface area contributed by atoms with Crippen molar-refractivity contribution in [1.29, 1.82) is 0 Å². The second kappa shape index (κ2) is 9.30. The Bertz CT molecular complexity index is 512. The van der Waals surface area contributed by atoms with Crippen molar-refractivity contribution in [1.82, 2.24) is 16.0 Å². The van der Waals surface area contributed by atoms with Gasteiger partial charge in [-0.1, -0.05) is 51.5 Å². The van der Waals surface area contributed by atoms with Crippen LogP contribution in [0.4, 0.5) is 4.79 Å². The summed E-state index contributed by atoms with van der Waals surface area (Å²) in [5, 5.41) is 8.00. The van der Waals surface area contributed by atoms with Crippen molar-refractivity contribution in [2.75, 3.05) is 7.05 Å². The predicted octanol–water partition coefficient (Wildman–Crippen LogP) is 2.77. The molecular formula is C18H29N3O2. The molecule has 23 heavy (non-hydrogen) atoms. The molecule has 0 bridgehead atoms. The number of urea groups is 1. The summed E-state index contributed by atoms with van der Waals surface area (Å²) in [5.41, 5.74) is 2.48. The lowest BCUT2D eigenvalue weighted by Crippen LogP contribution is -2.48. The third-order valence-corrected chi connectivity index (χ3v) is 3.83. The van der Waals surface area contributed by atoms with E-state index < -0.39 is 12.1 Å². The third-order valence-electron chi connectivity index (χ3n) is 3.83. The standard InChI is InChI=1S/C18H29N3O2/c1-6-7-14-8-10-15(11-9-14)16(12(2)3)20-13(4)17(22)21-18(23)19-5/h8-13,16,20H,6-7H2,1-5H3,(H2,19,21,22,23)/t13-,16+/m0/s1. The van der Waals surface area contributed by atoms with E-state index >= 15 is 0 Å². The smallest absolute Gasteiger partial charge is 0.321 e. The highest BCUT2D eigenvalue weighted by atomic mass is 16.2. The van der Waals surface area contributed by atoms with Crippen LogP contribution in [-0.4, -0.2) is 25.0 Å². The summed E-state index contributed by atoms with van der Waals surface area (Å²) in [6.45, 7) is 8.15. The molecule has 0 aliphatic carbocycles. The second-order valence-corrected chi connectivity index (χ2v) is 6.17. The van der Waals surface area contributed by atoms with Crippen LogP contribution in [0.2, 0.25) is 0 Å². The van der Waals surface area contributed by atoms with Crippen LogP contribution in [0.25, 0.3) is 0 Å². The molecule has 0 radical (unpaired) electrons. The topological polar surface area (TPSA) is 70.2 Å². The molecular weight excluding hydrogens is 290 g/mol. The van der Waals surface area contributed by atoms with Crippen LogP contribution in [0.3, 0.4) is 0 Å². The maximum atomic E-state index is 12.0. The first-order valence-electron chi connectivity index (χ1n) is 8.26. The van der Waals surface area contributed by atoms with E-state index in [0.29, 0.717) is 5.92 Å². The van der Waals surface area contributed by atoms with Gasteiger partial charge >= 0.3 is 6.03 Å². The van der Waals surface area contributed by atoms with Gasteiger partial charge in [-0.3, -0.25) is 15.4 Å². The Morgan fingerprint density at radius 1 is 1.09 bits per heavy atom. The molecule has 1 aromatic carbocycles. The molecule has 0 aliphatic heterocycles. The lowest BCUT2D eigenvalue weighted by molar-refractivity contribution is -0.121. The van der Waals surface area contributed by atoms with Crippen molar-refractivity contribution in [3.63, 3.8) is 0 Å². The van der Waals surface area contributed by atoms with Crippen LogP contribution >= 0.6 is 0 Å². The van der Waals surface area contributed by atoms with Gasteiger partial charge in [-0.25, -0.2) is 4.79 Å². The summed E-state index contributed by atoms with van der Waals surface area (Å²) in [6.07, 6.45) is 2.20. The lowest BCUT2D eigenvalue weighted by Gasteiger charge is -2.26. The highest BCUT2D eigenvalue weighted by Gasteiger charge is 2.22. The fraction of sp³-hybridized carbons (Fsp3) is 0.556. The number of hydrogen-bond acceptors (Lipinski definition) is 3. The summed E-state index contributed by atoms with van der Waals surface area (Å²) in [5.74, 6) is -0.0140. The molecule has 0 aromatic heterocycles. The Labute approximate surface area is 139 Å². The number of nitrogens with one attached hydrogen (secondary N) is 3. The van der Waals surface area contributed by atoms with E-state index in [0.717, 1.165) is 18.4 Å². The minimum atomic E-state index is -0.492. The Balaban J connectivity index is 2.78. The Hall–Kier alpha value is -1.88. The van der Waals surface area contributed by atoms with Crippen LogP contribution < -0.4 is 16.0 Å². The molecule has 0 spiro atoms. The van der Waals surface area contributed by atoms with Crippen molar-refractivity contribution < 1.29 is 9.59 Å². The number of amides is 3. The normalized spacial score (nSPS) is 13.5. The molecule has 0 saturated heterocycles. The number of rotatable bonds is 7. The first-order chi connectivity index (χ1) is 10.9. The molecule has 1 aromatic rings. The van der Waals surface area contributed by atoms with Gasteiger partial charge in [-0.05, 0) is 30.4 Å². The van der Waals surface area contributed by atoms with Gasteiger partial charge in [-0.2, -0.15) is 0 Å². The monoisotopic (exact) mass is 319 g/mol. The van der Waals surface area contributed by atoms with Crippen molar-refractivity contribution >= 4 is 11.9 Å². The number of imide groups is 1. The molecule has 0 heterocycles. The van der Waals surface area contributed by atoms with Gasteiger partial charge in [0.2, 0.25) is 5.91 Å². The molecule has 0 saturated carbocycles. The zero-order valence-corrected chi connectivity index (χ0v) is 14.8. The van der Waals surface area contributed by atoms with Gasteiger partial charge in [0.1, 0.15) is 0 Å². The SMILES string of the molecule is CCCc1ccc([C@H](N[C@@H](C)C(=O)NC(=O)NC)C(C)C)cc1. The molecule has 128 valence electrons. The highest BCUT2D eigenvalue weighted by Crippen LogP contribution is 2.23. The second-order valence-electron chi connectivity index (χ2n) is 6.17. The van der Waals surface area contributed by atoms with E-state index in [2.05, 4.69) is 61.0 Å². The maximum Gasteiger partial charge on any atom is 0.321 e. The molecule has 0 fully saturated rings. The summed E-state index contributed by atoms with van der Waals surface area (Å²) >= 11 is 0. The summed E-state index contributed by atoms with van der Waals surface area (Å²) in [7, 11) is 1.48. The molecule has 5 nitrogen and oxygen atoms in total. The molecule has 1 rings (SSSR count). The third kappa shape index (κ3) is 6.02. The first-order valence-corrected chi connectivity index (χ1v) is 8.26. The lowest BCUT2D eigenvalue weighted by atomic mass is 9.94. The van der Waals surface area contributed by atoms with E-state index in [1.807, 2.05) is 0 Å². The summed E-state index contributed by atoms with van der Waals surface area (Å²) in [4.78, 5) is 23.3. The largest absolute Gasteiger partial charge is 0.341 e. The van der Waals surface area contributed by atoms with Crippen molar-refractivity contribution in [2.45, 2.75) is 52.6 Å². The zero-order valence-electron chi connectivity index (χ0n) is 14.8. The highest BCUT2D eigenvalue weighted by molar-refractivity contribution is 5.96. The number of benzene rings is 1. The molecule has 3 amide bonds. The molecule has 5 heteroatoms. The van der Waals surface area contributed by atoms with Gasteiger partial charge in [-0.15, -0.1) is 0 Å². The van der Waals surface area contributed by atoms with E-state index in [9.17, 15) is 9.59 Å². The fourth-order valence-corrected chi connectivity index (χ4v) is 2.48. The number of aryl methyl sites for hydroxylation is 1. The minimum absolute atomic E-state index is 0.0520. The van der Waals surface area contributed by atoms with Crippen LogP contribution in [0.5, 0.6) is 0 Å². The van der Waals surface area contributed by atoms with E-state index in [-0.39, 0.29) is 11.9 Å². The molecule has 0 aliphatic rings. The van der Waals surface area contributed by atoms with Gasteiger partial charge in [0.25, 0.3) is 0 Å². The van der Waals surface area contributed by atoms with Crippen LogP contribution in [0.1, 0.15) is 51.3 Å².